The number of aromatic nitrogens is 3. The summed E-state index contributed by atoms with van der Waals surface area (Å²) in [5.74, 6) is 1.62. The molecule has 0 bridgehead atoms. The normalized spacial score (nSPS) is 20.4. The maximum absolute atomic E-state index is 9.07. The lowest BCUT2D eigenvalue weighted by Gasteiger charge is -2.13. The van der Waals surface area contributed by atoms with Gasteiger partial charge in [-0.15, -0.1) is 0 Å². The van der Waals surface area contributed by atoms with E-state index in [9.17, 15) is 0 Å². The van der Waals surface area contributed by atoms with E-state index in [4.69, 9.17) is 10.1 Å². The predicted octanol–water partition coefficient (Wildman–Crippen LogP) is 1.23. The molecule has 1 N–H and O–H groups in total. The zero-order chi connectivity index (χ0) is 13.2. The van der Waals surface area contributed by atoms with Crippen LogP contribution in [0.5, 0.6) is 0 Å². The number of pyridine rings is 1. The molecule has 2 aromatic rings. The van der Waals surface area contributed by atoms with Crippen molar-refractivity contribution in [2.45, 2.75) is 25.3 Å². The number of rotatable bonds is 4. The van der Waals surface area contributed by atoms with Crippen LogP contribution in [0.25, 0.3) is 11.2 Å². The highest BCUT2D eigenvalue weighted by molar-refractivity contribution is 5.71. The van der Waals surface area contributed by atoms with Crippen LogP contribution in [0.2, 0.25) is 0 Å². The number of aliphatic hydroxyl groups is 1. The van der Waals surface area contributed by atoms with Crippen molar-refractivity contribution in [2.75, 3.05) is 26.7 Å². The summed E-state index contributed by atoms with van der Waals surface area (Å²) in [6.45, 7) is 3.18. The van der Waals surface area contributed by atoms with Crippen molar-refractivity contribution in [1.29, 1.82) is 0 Å². The zero-order valence-electron chi connectivity index (χ0n) is 11.3. The van der Waals surface area contributed by atoms with Crippen molar-refractivity contribution >= 4 is 11.2 Å². The van der Waals surface area contributed by atoms with Crippen LogP contribution in [0.3, 0.4) is 0 Å². The molecule has 5 nitrogen and oxygen atoms in total. The van der Waals surface area contributed by atoms with Gasteiger partial charge in [0.2, 0.25) is 0 Å². The number of imidazole rings is 1. The molecule has 102 valence electrons. The Labute approximate surface area is 112 Å². The lowest BCUT2D eigenvalue weighted by molar-refractivity contribution is 0.279. The van der Waals surface area contributed by atoms with Crippen molar-refractivity contribution in [3.8, 4) is 0 Å². The van der Waals surface area contributed by atoms with Crippen molar-refractivity contribution < 1.29 is 5.11 Å². The summed E-state index contributed by atoms with van der Waals surface area (Å²) in [7, 11) is 2.15. The molecule has 19 heavy (non-hydrogen) atoms. The Morgan fingerprint density at radius 2 is 2.37 bits per heavy atom. The van der Waals surface area contributed by atoms with E-state index in [2.05, 4.69) is 21.5 Å². The second-order valence-corrected chi connectivity index (χ2v) is 5.29. The Morgan fingerprint density at radius 1 is 1.47 bits per heavy atom. The smallest absolute Gasteiger partial charge is 0.159 e. The van der Waals surface area contributed by atoms with Crippen molar-refractivity contribution in [3.05, 3.63) is 24.2 Å². The SMILES string of the molecule is CN1CCC(c2nc3cccnc3n2CCCO)C1. The van der Waals surface area contributed by atoms with Crippen LogP contribution in [0.4, 0.5) is 0 Å². The summed E-state index contributed by atoms with van der Waals surface area (Å²) >= 11 is 0. The van der Waals surface area contributed by atoms with E-state index in [1.54, 1.807) is 0 Å². The summed E-state index contributed by atoms with van der Waals surface area (Å²) < 4.78 is 2.19. The molecule has 0 aliphatic carbocycles. The monoisotopic (exact) mass is 260 g/mol. The third kappa shape index (κ3) is 2.35. The molecule has 0 saturated carbocycles. The van der Waals surface area contributed by atoms with Gasteiger partial charge in [-0.3, -0.25) is 0 Å². The number of aryl methyl sites for hydroxylation is 1. The van der Waals surface area contributed by atoms with Crippen molar-refractivity contribution in [2.24, 2.45) is 0 Å². The first-order valence-corrected chi connectivity index (χ1v) is 6.90. The van der Waals surface area contributed by atoms with Crippen LogP contribution in [-0.2, 0) is 6.54 Å². The predicted molar refractivity (Wildman–Crippen MR) is 74.1 cm³/mol. The van der Waals surface area contributed by atoms with Gasteiger partial charge in [-0.05, 0) is 38.6 Å². The highest BCUT2D eigenvalue weighted by Gasteiger charge is 2.26. The molecule has 1 fully saturated rings. The van der Waals surface area contributed by atoms with Gasteiger partial charge in [0, 0.05) is 31.8 Å². The molecule has 5 heteroatoms. The standard InChI is InChI=1S/C14H20N4O/c1-17-8-5-11(10-17)13-16-12-4-2-6-15-14(12)18(13)7-3-9-19/h2,4,6,11,19H,3,5,7-10H2,1H3. The van der Waals surface area contributed by atoms with Crippen molar-refractivity contribution in [3.63, 3.8) is 0 Å². The van der Waals surface area contributed by atoms with Gasteiger partial charge in [0.25, 0.3) is 0 Å². The number of aliphatic hydroxyl groups excluding tert-OH is 1. The summed E-state index contributed by atoms with van der Waals surface area (Å²) in [6, 6.07) is 3.94. The van der Waals surface area contributed by atoms with Gasteiger partial charge in [0.15, 0.2) is 5.65 Å². The first-order valence-electron chi connectivity index (χ1n) is 6.90. The minimum absolute atomic E-state index is 0.205. The highest BCUT2D eigenvalue weighted by Crippen LogP contribution is 2.28. The second kappa shape index (κ2) is 5.27. The van der Waals surface area contributed by atoms with E-state index in [0.717, 1.165) is 49.5 Å². The summed E-state index contributed by atoms with van der Waals surface area (Å²) in [5.41, 5.74) is 1.91. The molecule has 0 aromatic carbocycles. The van der Waals surface area contributed by atoms with Gasteiger partial charge >= 0.3 is 0 Å². The Morgan fingerprint density at radius 3 is 3.11 bits per heavy atom. The highest BCUT2D eigenvalue weighted by atomic mass is 16.3. The van der Waals surface area contributed by atoms with Gasteiger partial charge in [-0.25, -0.2) is 9.97 Å². The molecule has 1 atom stereocenters. The largest absolute Gasteiger partial charge is 0.396 e. The van der Waals surface area contributed by atoms with Crippen LogP contribution in [-0.4, -0.2) is 51.3 Å². The third-order valence-electron chi connectivity index (χ3n) is 3.83. The maximum atomic E-state index is 9.07. The van der Waals surface area contributed by atoms with Crippen LogP contribution < -0.4 is 0 Å². The van der Waals surface area contributed by atoms with Crippen LogP contribution in [0, 0.1) is 0 Å². The van der Waals surface area contributed by atoms with E-state index in [0.29, 0.717) is 5.92 Å². The van der Waals surface area contributed by atoms with Gasteiger partial charge in [-0.2, -0.15) is 0 Å². The van der Waals surface area contributed by atoms with E-state index < -0.39 is 0 Å². The molecular formula is C14H20N4O. The lowest BCUT2D eigenvalue weighted by atomic mass is 10.1. The minimum atomic E-state index is 0.205. The molecule has 2 aromatic heterocycles. The molecule has 3 heterocycles. The van der Waals surface area contributed by atoms with Gasteiger partial charge < -0.3 is 14.6 Å². The summed E-state index contributed by atoms with van der Waals surface area (Å²) in [6.07, 6.45) is 3.71. The van der Waals surface area contributed by atoms with E-state index >= 15 is 0 Å². The summed E-state index contributed by atoms with van der Waals surface area (Å²) in [4.78, 5) is 11.6. The quantitative estimate of drug-likeness (QED) is 0.898. The number of hydrogen-bond donors (Lipinski definition) is 1. The fraction of sp³-hybridized carbons (Fsp3) is 0.571. The Bertz CT molecular complexity index is 566. The number of nitrogens with zero attached hydrogens (tertiary/aromatic N) is 4. The molecule has 1 aliphatic rings. The first kappa shape index (κ1) is 12.6. The molecule has 0 amide bonds. The Hall–Kier alpha value is -1.46. The van der Waals surface area contributed by atoms with E-state index in [1.807, 2.05) is 18.3 Å². The molecular weight excluding hydrogens is 240 g/mol. The molecule has 0 spiro atoms. The fourth-order valence-corrected chi connectivity index (χ4v) is 2.88. The molecule has 3 rings (SSSR count). The summed E-state index contributed by atoms with van der Waals surface area (Å²) in [5, 5.41) is 9.07. The second-order valence-electron chi connectivity index (χ2n) is 5.29. The first-order chi connectivity index (χ1) is 9.29. The van der Waals surface area contributed by atoms with Crippen LogP contribution >= 0.6 is 0 Å². The Balaban J connectivity index is 2.01. The van der Waals surface area contributed by atoms with Gasteiger partial charge in [0.1, 0.15) is 11.3 Å². The van der Waals surface area contributed by atoms with Gasteiger partial charge in [0.05, 0.1) is 0 Å². The fourth-order valence-electron chi connectivity index (χ4n) is 2.88. The number of fused-ring (bicyclic) bond motifs is 1. The lowest BCUT2D eigenvalue weighted by Crippen LogP contribution is -2.16. The van der Waals surface area contributed by atoms with Crippen molar-refractivity contribution in [1.82, 2.24) is 19.4 Å². The Kier molecular flexibility index (Phi) is 3.48. The maximum Gasteiger partial charge on any atom is 0.159 e. The molecule has 1 aliphatic heterocycles. The average Bonchev–Trinajstić information content (AvgIpc) is 3.00. The number of likely N-dealkylation sites (N-methyl/N-ethyl adjacent to an activating group) is 1. The third-order valence-corrected chi connectivity index (χ3v) is 3.83. The molecule has 1 unspecified atom stereocenters. The minimum Gasteiger partial charge on any atom is -0.396 e. The number of hydrogen-bond acceptors (Lipinski definition) is 4. The zero-order valence-corrected chi connectivity index (χ0v) is 11.3. The topological polar surface area (TPSA) is 54.2 Å². The van der Waals surface area contributed by atoms with E-state index in [1.165, 1.54) is 0 Å². The van der Waals surface area contributed by atoms with Crippen LogP contribution in [0.15, 0.2) is 18.3 Å². The molecule has 1 saturated heterocycles. The molecule has 0 radical (unpaired) electrons. The number of likely N-dealkylation sites (tertiary alicyclic amines) is 1. The average molecular weight is 260 g/mol. The van der Waals surface area contributed by atoms with Gasteiger partial charge in [-0.1, -0.05) is 0 Å². The van der Waals surface area contributed by atoms with E-state index in [-0.39, 0.29) is 6.61 Å². The van der Waals surface area contributed by atoms with Crippen LogP contribution in [0.1, 0.15) is 24.6 Å².